The van der Waals surface area contributed by atoms with Gasteiger partial charge in [0.15, 0.2) is 0 Å². The summed E-state index contributed by atoms with van der Waals surface area (Å²) < 4.78 is 0. The molecular formula is C12H19N3S. The largest absolute Gasteiger partial charge is 0.300 e. The Labute approximate surface area is 102 Å². The van der Waals surface area contributed by atoms with E-state index in [4.69, 9.17) is 10.5 Å². The first-order valence-electron chi connectivity index (χ1n) is 5.90. The zero-order chi connectivity index (χ0) is 11.8. The fourth-order valence-electron chi connectivity index (χ4n) is 1.94. The van der Waals surface area contributed by atoms with Gasteiger partial charge < -0.3 is 4.90 Å². The van der Waals surface area contributed by atoms with Gasteiger partial charge in [-0.15, -0.1) is 0 Å². The summed E-state index contributed by atoms with van der Waals surface area (Å²) in [6, 6.07) is 4.43. The molecule has 0 saturated carbocycles. The van der Waals surface area contributed by atoms with E-state index in [-0.39, 0.29) is 5.92 Å². The molecule has 0 aromatic carbocycles. The number of hydrogen-bond donors (Lipinski definition) is 0. The molecule has 0 aromatic rings. The van der Waals surface area contributed by atoms with E-state index in [1.54, 1.807) is 0 Å². The maximum Gasteiger partial charge on any atom is 0.0669 e. The first-order valence-corrected chi connectivity index (χ1v) is 6.95. The molecule has 0 aromatic heterocycles. The Kier molecular flexibility index (Phi) is 6.30. The van der Waals surface area contributed by atoms with Crippen molar-refractivity contribution < 1.29 is 0 Å². The number of nitriles is 2. The molecule has 4 heteroatoms. The van der Waals surface area contributed by atoms with Crippen molar-refractivity contribution in [1.82, 2.24) is 4.90 Å². The Morgan fingerprint density at radius 3 is 2.94 bits per heavy atom. The first kappa shape index (κ1) is 13.4. The summed E-state index contributed by atoms with van der Waals surface area (Å²) in [4.78, 5) is 2.38. The lowest BCUT2D eigenvalue weighted by Gasteiger charge is -2.32. The Hall–Kier alpha value is -0.710. The Morgan fingerprint density at radius 1 is 1.50 bits per heavy atom. The van der Waals surface area contributed by atoms with Gasteiger partial charge in [-0.2, -0.15) is 22.3 Å². The van der Waals surface area contributed by atoms with Crippen LogP contribution in [0.2, 0.25) is 0 Å². The predicted molar refractivity (Wildman–Crippen MR) is 66.9 cm³/mol. The standard InChI is InChI=1S/C12H19N3S/c1-2-12-10-15(6-7-16-12)9-11(8-14)4-3-5-13/h11-12H,2-4,6-7,9-10H2,1H3/t11-,12-/m0/s1. The SMILES string of the molecule is CC[C@H]1CN(C[C@H](C#N)CCC#N)CCS1. The van der Waals surface area contributed by atoms with Gasteiger partial charge in [-0.05, 0) is 12.8 Å². The smallest absolute Gasteiger partial charge is 0.0669 e. The van der Waals surface area contributed by atoms with Crippen LogP contribution in [0.25, 0.3) is 0 Å². The molecule has 88 valence electrons. The van der Waals surface area contributed by atoms with Gasteiger partial charge in [0.05, 0.1) is 18.1 Å². The number of thioether (sulfide) groups is 1. The van der Waals surface area contributed by atoms with Crippen LogP contribution in [-0.4, -0.2) is 35.5 Å². The van der Waals surface area contributed by atoms with Gasteiger partial charge in [-0.1, -0.05) is 6.92 Å². The highest BCUT2D eigenvalue weighted by Crippen LogP contribution is 2.22. The topological polar surface area (TPSA) is 50.8 Å². The van der Waals surface area contributed by atoms with Crippen molar-refractivity contribution >= 4 is 11.8 Å². The van der Waals surface area contributed by atoms with Crippen molar-refractivity contribution in [2.45, 2.75) is 31.4 Å². The lowest BCUT2D eigenvalue weighted by molar-refractivity contribution is 0.252. The third-order valence-corrected chi connectivity index (χ3v) is 4.32. The van der Waals surface area contributed by atoms with E-state index >= 15 is 0 Å². The van der Waals surface area contributed by atoms with Gasteiger partial charge in [0.25, 0.3) is 0 Å². The summed E-state index contributed by atoms with van der Waals surface area (Å²) in [6.45, 7) is 5.26. The van der Waals surface area contributed by atoms with E-state index in [1.165, 1.54) is 12.2 Å². The normalized spacial score (nSPS) is 23.3. The van der Waals surface area contributed by atoms with Crippen molar-refractivity contribution in [3.63, 3.8) is 0 Å². The van der Waals surface area contributed by atoms with E-state index in [0.717, 1.165) is 24.9 Å². The van der Waals surface area contributed by atoms with Crippen LogP contribution in [0.3, 0.4) is 0 Å². The Balaban J connectivity index is 2.34. The number of rotatable bonds is 5. The van der Waals surface area contributed by atoms with E-state index in [2.05, 4.69) is 24.0 Å². The third-order valence-electron chi connectivity index (χ3n) is 2.94. The average Bonchev–Trinajstić information content (AvgIpc) is 2.34. The molecule has 1 heterocycles. The Morgan fingerprint density at radius 2 is 2.31 bits per heavy atom. The summed E-state index contributed by atoms with van der Waals surface area (Å²) in [7, 11) is 0. The molecule has 0 N–H and O–H groups in total. The monoisotopic (exact) mass is 237 g/mol. The molecule has 0 unspecified atom stereocenters. The lowest BCUT2D eigenvalue weighted by Crippen LogP contribution is -2.40. The van der Waals surface area contributed by atoms with Gasteiger partial charge in [-0.3, -0.25) is 0 Å². The quantitative estimate of drug-likeness (QED) is 0.736. The molecule has 2 atom stereocenters. The van der Waals surface area contributed by atoms with Crippen molar-refractivity contribution in [2.75, 3.05) is 25.4 Å². The molecule has 1 rings (SSSR count). The van der Waals surface area contributed by atoms with Gasteiger partial charge in [-0.25, -0.2) is 0 Å². The van der Waals surface area contributed by atoms with Crippen LogP contribution < -0.4 is 0 Å². The fraction of sp³-hybridized carbons (Fsp3) is 0.833. The molecule has 1 aliphatic heterocycles. The molecule has 3 nitrogen and oxygen atoms in total. The van der Waals surface area contributed by atoms with Gasteiger partial charge in [0, 0.05) is 37.1 Å². The van der Waals surface area contributed by atoms with Crippen LogP contribution >= 0.6 is 11.8 Å². The highest BCUT2D eigenvalue weighted by atomic mass is 32.2. The summed E-state index contributed by atoms with van der Waals surface area (Å²) in [6.07, 6.45) is 2.42. The maximum absolute atomic E-state index is 9.02. The molecule has 1 aliphatic rings. The third kappa shape index (κ3) is 4.43. The van der Waals surface area contributed by atoms with Crippen LogP contribution in [0.5, 0.6) is 0 Å². The van der Waals surface area contributed by atoms with E-state index in [1.807, 2.05) is 11.8 Å². The molecule has 1 fully saturated rings. The number of hydrogen-bond acceptors (Lipinski definition) is 4. The molecule has 0 aliphatic carbocycles. The van der Waals surface area contributed by atoms with Crippen molar-refractivity contribution in [3.05, 3.63) is 0 Å². The Bertz CT molecular complexity index is 279. The zero-order valence-corrected chi connectivity index (χ0v) is 10.7. The van der Waals surface area contributed by atoms with Crippen molar-refractivity contribution in [2.24, 2.45) is 5.92 Å². The molecule has 0 amide bonds. The summed E-state index contributed by atoms with van der Waals surface area (Å²) >= 11 is 2.04. The van der Waals surface area contributed by atoms with E-state index in [9.17, 15) is 0 Å². The minimum Gasteiger partial charge on any atom is -0.300 e. The molecule has 1 saturated heterocycles. The summed E-state index contributed by atoms with van der Waals surface area (Å²) in [5.41, 5.74) is 0. The second kappa shape index (κ2) is 7.54. The molecule has 0 bridgehead atoms. The van der Waals surface area contributed by atoms with Gasteiger partial charge in [0.2, 0.25) is 0 Å². The molecular weight excluding hydrogens is 218 g/mol. The van der Waals surface area contributed by atoms with E-state index < -0.39 is 0 Å². The number of nitrogens with zero attached hydrogens (tertiary/aromatic N) is 3. The predicted octanol–water partition coefficient (Wildman–Crippen LogP) is 2.26. The van der Waals surface area contributed by atoms with Crippen LogP contribution in [0.1, 0.15) is 26.2 Å². The zero-order valence-electron chi connectivity index (χ0n) is 9.85. The first-order chi connectivity index (χ1) is 7.80. The average molecular weight is 237 g/mol. The summed E-state index contributed by atoms with van der Waals surface area (Å²) in [5, 5.41) is 18.3. The minimum atomic E-state index is 0.0280. The van der Waals surface area contributed by atoms with Gasteiger partial charge >= 0.3 is 0 Å². The molecule has 0 spiro atoms. The highest BCUT2D eigenvalue weighted by Gasteiger charge is 2.21. The second-order valence-electron chi connectivity index (χ2n) is 4.18. The lowest BCUT2D eigenvalue weighted by atomic mass is 10.0. The van der Waals surface area contributed by atoms with Crippen LogP contribution in [0.15, 0.2) is 0 Å². The minimum absolute atomic E-state index is 0.0280. The van der Waals surface area contributed by atoms with Crippen molar-refractivity contribution in [1.29, 1.82) is 10.5 Å². The maximum atomic E-state index is 9.02. The fourth-order valence-corrected chi connectivity index (χ4v) is 3.19. The highest BCUT2D eigenvalue weighted by molar-refractivity contribution is 8.00. The van der Waals surface area contributed by atoms with Crippen LogP contribution in [0, 0.1) is 28.6 Å². The summed E-state index contributed by atoms with van der Waals surface area (Å²) in [5.74, 6) is 1.20. The van der Waals surface area contributed by atoms with E-state index in [0.29, 0.717) is 12.8 Å². The van der Waals surface area contributed by atoms with Crippen LogP contribution in [-0.2, 0) is 0 Å². The molecule has 16 heavy (non-hydrogen) atoms. The van der Waals surface area contributed by atoms with Crippen molar-refractivity contribution in [3.8, 4) is 12.1 Å². The van der Waals surface area contributed by atoms with Gasteiger partial charge in [0.1, 0.15) is 0 Å². The second-order valence-corrected chi connectivity index (χ2v) is 5.59. The molecule has 0 radical (unpaired) electrons. The van der Waals surface area contributed by atoms with Crippen LogP contribution in [0.4, 0.5) is 0 Å².